The van der Waals surface area contributed by atoms with Crippen molar-refractivity contribution in [1.29, 1.82) is 0 Å². The average molecular weight is 365 g/mol. The van der Waals surface area contributed by atoms with Crippen LogP contribution in [-0.4, -0.2) is 34.8 Å². The van der Waals surface area contributed by atoms with Gasteiger partial charge in [0.25, 0.3) is 0 Å². The topological polar surface area (TPSA) is 102 Å². The minimum atomic E-state index is -0.896. The van der Waals surface area contributed by atoms with E-state index in [9.17, 15) is 9.59 Å². The number of fused-ring (bicyclic) bond motifs is 1. The number of amides is 2. The number of likely N-dealkylation sites (N-methyl/N-ethyl adjacent to an activating group) is 1. The SMILES string of the molecule is CN(Cc1nc2ccccc2s1)C(=O)C(N)CC(N)=O.Cl.Cl. The number of benzene rings is 1. The Hall–Kier alpha value is -1.41. The molecule has 2 rings (SSSR count). The lowest BCUT2D eigenvalue weighted by Crippen LogP contribution is -2.43. The number of rotatable bonds is 5. The van der Waals surface area contributed by atoms with Crippen LogP contribution in [0.5, 0.6) is 0 Å². The molecule has 4 N–H and O–H groups in total. The van der Waals surface area contributed by atoms with Crippen molar-refractivity contribution in [3.63, 3.8) is 0 Å². The number of hydrogen-bond donors (Lipinski definition) is 2. The van der Waals surface area contributed by atoms with Crippen molar-refractivity contribution in [2.75, 3.05) is 7.05 Å². The third kappa shape index (κ3) is 5.10. The van der Waals surface area contributed by atoms with Crippen LogP contribution in [0, 0.1) is 0 Å². The Balaban J connectivity index is 0.00000220. The minimum absolute atomic E-state index is 0. The number of carbonyl (C=O) groups excluding carboxylic acids is 2. The second-order valence-electron chi connectivity index (χ2n) is 4.55. The van der Waals surface area contributed by atoms with Gasteiger partial charge in [-0.1, -0.05) is 12.1 Å². The highest BCUT2D eigenvalue weighted by molar-refractivity contribution is 7.18. The zero-order chi connectivity index (χ0) is 14.7. The van der Waals surface area contributed by atoms with Gasteiger partial charge in [-0.15, -0.1) is 36.2 Å². The van der Waals surface area contributed by atoms with E-state index in [0.29, 0.717) is 6.54 Å². The molecule has 0 saturated heterocycles. The van der Waals surface area contributed by atoms with Gasteiger partial charge < -0.3 is 16.4 Å². The number of primary amides is 1. The Morgan fingerprint density at radius 1 is 1.32 bits per heavy atom. The van der Waals surface area contributed by atoms with Crippen LogP contribution in [0.2, 0.25) is 0 Å². The van der Waals surface area contributed by atoms with E-state index in [2.05, 4.69) is 4.98 Å². The van der Waals surface area contributed by atoms with Crippen LogP contribution in [-0.2, 0) is 16.1 Å². The molecule has 1 atom stereocenters. The van der Waals surface area contributed by atoms with E-state index in [0.717, 1.165) is 15.2 Å². The van der Waals surface area contributed by atoms with Crippen molar-refractivity contribution in [1.82, 2.24) is 9.88 Å². The molecule has 1 unspecified atom stereocenters. The van der Waals surface area contributed by atoms with Crippen LogP contribution in [0.3, 0.4) is 0 Å². The molecule has 9 heteroatoms. The van der Waals surface area contributed by atoms with Crippen molar-refractivity contribution in [2.45, 2.75) is 19.0 Å². The molecule has 1 aromatic carbocycles. The summed E-state index contributed by atoms with van der Waals surface area (Å²) in [5.41, 5.74) is 11.6. The number of hydrogen-bond acceptors (Lipinski definition) is 5. The summed E-state index contributed by atoms with van der Waals surface area (Å²) in [6.45, 7) is 0.366. The molecule has 0 radical (unpaired) electrons. The molecule has 0 saturated carbocycles. The maximum Gasteiger partial charge on any atom is 0.240 e. The first kappa shape index (κ1) is 20.6. The van der Waals surface area contributed by atoms with Crippen molar-refractivity contribution >= 4 is 58.2 Å². The molecular weight excluding hydrogens is 347 g/mol. The second kappa shape index (κ2) is 8.89. The van der Waals surface area contributed by atoms with Crippen LogP contribution < -0.4 is 11.5 Å². The first-order valence-electron chi connectivity index (χ1n) is 6.10. The highest BCUT2D eigenvalue weighted by atomic mass is 35.5. The van der Waals surface area contributed by atoms with Gasteiger partial charge >= 0.3 is 0 Å². The summed E-state index contributed by atoms with van der Waals surface area (Å²) < 4.78 is 1.07. The van der Waals surface area contributed by atoms with Gasteiger partial charge in [-0.05, 0) is 12.1 Å². The lowest BCUT2D eigenvalue weighted by atomic mass is 10.2. The van der Waals surface area contributed by atoms with E-state index >= 15 is 0 Å². The largest absolute Gasteiger partial charge is 0.370 e. The zero-order valence-corrected chi connectivity index (χ0v) is 14.3. The van der Waals surface area contributed by atoms with Gasteiger partial charge in [0, 0.05) is 7.05 Å². The Labute approximate surface area is 144 Å². The average Bonchev–Trinajstić information content (AvgIpc) is 2.78. The predicted molar refractivity (Wildman–Crippen MR) is 92.4 cm³/mol. The van der Waals surface area contributed by atoms with Crippen LogP contribution in [0.15, 0.2) is 24.3 Å². The third-order valence-corrected chi connectivity index (χ3v) is 3.85. The van der Waals surface area contributed by atoms with Crippen LogP contribution in [0.25, 0.3) is 10.2 Å². The van der Waals surface area contributed by atoms with Crippen LogP contribution in [0.1, 0.15) is 11.4 Å². The summed E-state index contributed by atoms with van der Waals surface area (Å²) in [5.74, 6) is -0.901. The number of carbonyl (C=O) groups is 2. The zero-order valence-electron chi connectivity index (χ0n) is 11.9. The van der Waals surface area contributed by atoms with Gasteiger partial charge in [-0.3, -0.25) is 9.59 Å². The molecule has 0 bridgehead atoms. The highest BCUT2D eigenvalue weighted by Gasteiger charge is 2.20. The molecule has 2 aromatic rings. The Kier molecular flexibility index (Phi) is 8.32. The quantitative estimate of drug-likeness (QED) is 0.834. The van der Waals surface area contributed by atoms with Crippen molar-refractivity contribution < 1.29 is 9.59 Å². The minimum Gasteiger partial charge on any atom is -0.370 e. The Morgan fingerprint density at radius 3 is 2.55 bits per heavy atom. The summed E-state index contributed by atoms with van der Waals surface area (Å²) in [7, 11) is 1.63. The third-order valence-electron chi connectivity index (χ3n) is 2.83. The summed E-state index contributed by atoms with van der Waals surface area (Å²) in [5, 5.41) is 0.827. The molecular formula is C13H18Cl2N4O2S. The van der Waals surface area contributed by atoms with Gasteiger partial charge in [0.1, 0.15) is 5.01 Å². The normalized spacial score (nSPS) is 11.2. The Morgan fingerprint density at radius 2 is 1.95 bits per heavy atom. The van der Waals surface area contributed by atoms with E-state index in [1.165, 1.54) is 16.2 Å². The number of nitrogens with zero attached hydrogens (tertiary/aromatic N) is 2. The number of nitrogens with two attached hydrogens (primary N) is 2. The summed E-state index contributed by atoms with van der Waals surface area (Å²) in [6, 6.07) is 6.88. The first-order valence-corrected chi connectivity index (χ1v) is 6.92. The van der Waals surface area contributed by atoms with Gasteiger partial charge in [0.15, 0.2) is 0 Å². The van der Waals surface area contributed by atoms with E-state index in [1.54, 1.807) is 7.05 Å². The molecule has 0 aliphatic carbocycles. The number of thiazole rings is 1. The molecule has 1 aromatic heterocycles. The molecule has 2 amide bonds. The summed E-state index contributed by atoms with van der Waals surface area (Å²) in [6.07, 6.45) is -0.150. The maximum absolute atomic E-state index is 12.0. The standard InChI is InChI=1S/C13H16N4O2S.2ClH/c1-17(13(19)8(14)6-11(15)18)7-12-16-9-4-2-3-5-10(9)20-12;;/h2-5,8H,6-7,14H2,1H3,(H2,15,18);2*1H. The number of para-hydroxylation sites is 1. The molecule has 0 spiro atoms. The smallest absolute Gasteiger partial charge is 0.240 e. The van der Waals surface area contributed by atoms with Gasteiger partial charge in [0.05, 0.1) is 29.2 Å². The molecule has 6 nitrogen and oxygen atoms in total. The second-order valence-corrected chi connectivity index (χ2v) is 5.66. The number of aromatic nitrogens is 1. The molecule has 0 aliphatic heterocycles. The number of halogens is 2. The van der Waals surface area contributed by atoms with Crippen molar-refractivity contribution in [2.24, 2.45) is 11.5 Å². The molecule has 0 aliphatic rings. The lowest BCUT2D eigenvalue weighted by Gasteiger charge is -2.19. The highest BCUT2D eigenvalue weighted by Crippen LogP contribution is 2.22. The predicted octanol–water partition coefficient (Wildman–Crippen LogP) is 1.30. The fraction of sp³-hybridized carbons (Fsp3) is 0.308. The van der Waals surface area contributed by atoms with E-state index in [-0.39, 0.29) is 37.1 Å². The molecule has 22 heavy (non-hydrogen) atoms. The molecule has 1 heterocycles. The Bertz CT molecular complexity index is 617. The monoisotopic (exact) mass is 364 g/mol. The maximum atomic E-state index is 12.0. The van der Waals surface area contributed by atoms with Crippen molar-refractivity contribution in [3.05, 3.63) is 29.3 Å². The van der Waals surface area contributed by atoms with Crippen LogP contribution >= 0.6 is 36.2 Å². The first-order chi connectivity index (χ1) is 9.47. The summed E-state index contributed by atoms with van der Waals surface area (Å²) in [4.78, 5) is 28.7. The molecule has 122 valence electrons. The fourth-order valence-electron chi connectivity index (χ4n) is 1.86. The molecule has 0 fully saturated rings. The van der Waals surface area contributed by atoms with Gasteiger partial charge in [-0.25, -0.2) is 4.98 Å². The van der Waals surface area contributed by atoms with E-state index < -0.39 is 11.9 Å². The van der Waals surface area contributed by atoms with E-state index in [1.807, 2.05) is 24.3 Å². The van der Waals surface area contributed by atoms with Gasteiger partial charge in [0.2, 0.25) is 11.8 Å². The summed E-state index contributed by atoms with van der Waals surface area (Å²) >= 11 is 1.53. The van der Waals surface area contributed by atoms with Gasteiger partial charge in [-0.2, -0.15) is 0 Å². The van der Waals surface area contributed by atoms with Crippen molar-refractivity contribution in [3.8, 4) is 0 Å². The van der Waals surface area contributed by atoms with Crippen LogP contribution in [0.4, 0.5) is 0 Å². The van der Waals surface area contributed by atoms with E-state index in [4.69, 9.17) is 11.5 Å². The lowest BCUT2D eigenvalue weighted by molar-refractivity contribution is -0.133. The fourth-order valence-corrected chi connectivity index (χ4v) is 2.88.